The van der Waals surface area contributed by atoms with Gasteiger partial charge in [-0.25, -0.2) is 14.2 Å². The number of nitrogens with zero attached hydrogens (tertiary/aromatic N) is 3. The Morgan fingerprint density at radius 3 is 2.25 bits per heavy atom. The summed E-state index contributed by atoms with van der Waals surface area (Å²) in [6.07, 6.45) is 2.89. The lowest BCUT2D eigenvalue weighted by Crippen LogP contribution is -2.52. The number of hydrogen-bond donors (Lipinski definition) is 4. The van der Waals surface area contributed by atoms with Gasteiger partial charge >= 0.3 is 13.1 Å². The van der Waals surface area contributed by atoms with E-state index in [1.165, 1.54) is 29.2 Å². The fourth-order valence-corrected chi connectivity index (χ4v) is 6.36. The third-order valence-corrected chi connectivity index (χ3v) is 8.62. The van der Waals surface area contributed by atoms with Crippen LogP contribution in [0.5, 0.6) is 0 Å². The van der Waals surface area contributed by atoms with Crippen molar-refractivity contribution < 1.29 is 28.8 Å². The first kappa shape index (κ1) is 29.5. The van der Waals surface area contributed by atoms with Gasteiger partial charge in [-0.15, -0.1) is 0 Å². The summed E-state index contributed by atoms with van der Waals surface area (Å²) in [4.78, 5) is 48.9. The molecule has 3 aliphatic heterocycles. The van der Waals surface area contributed by atoms with Crippen LogP contribution in [0.25, 0.3) is 0 Å². The van der Waals surface area contributed by atoms with Gasteiger partial charge in [0.1, 0.15) is 12.4 Å². The van der Waals surface area contributed by atoms with Crippen molar-refractivity contribution in [3.63, 3.8) is 0 Å². The van der Waals surface area contributed by atoms with Crippen molar-refractivity contribution in [1.29, 1.82) is 0 Å². The number of carbonyl (C=O) groups is 3. The third kappa shape index (κ3) is 6.22. The molecule has 2 saturated heterocycles. The number of nitrogens with one attached hydrogen (secondary N) is 2. The quantitative estimate of drug-likeness (QED) is 0.324. The van der Waals surface area contributed by atoms with E-state index in [2.05, 4.69) is 15.6 Å². The van der Waals surface area contributed by atoms with Crippen LogP contribution in [0.1, 0.15) is 36.8 Å². The van der Waals surface area contributed by atoms with Gasteiger partial charge in [0, 0.05) is 29.9 Å². The maximum Gasteiger partial charge on any atom is 0.488 e. The number of hydrogen-bond acceptors (Lipinski definition) is 6. The minimum absolute atomic E-state index is 0.141. The number of aliphatic imine (C=N–C) groups is 1. The van der Waals surface area contributed by atoms with Crippen molar-refractivity contribution >= 4 is 47.5 Å². The van der Waals surface area contributed by atoms with Crippen LogP contribution in [0.15, 0.2) is 77.8 Å². The predicted octanol–water partition coefficient (Wildman–Crippen LogP) is 2.49. The Hall–Kier alpha value is -4.55. The second kappa shape index (κ2) is 12.6. The lowest BCUT2D eigenvalue weighted by molar-refractivity contribution is -0.132. The highest BCUT2D eigenvalue weighted by Crippen LogP contribution is 2.34. The highest BCUT2D eigenvalue weighted by molar-refractivity contribution is 6.58. The number of halogens is 1. The first-order chi connectivity index (χ1) is 21.3. The summed E-state index contributed by atoms with van der Waals surface area (Å²) in [6.45, 7) is 1.05. The second-order valence-electron chi connectivity index (χ2n) is 11.6. The van der Waals surface area contributed by atoms with E-state index < -0.39 is 31.0 Å². The number of rotatable bonds is 6. The molecule has 7 rings (SSSR count). The number of urea groups is 1. The zero-order valence-electron chi connectivity index (χ0n) is 24.0. The molecule has 2 bridgehead atoms. The maximum absolute atomic E-state index is 15.2. The lowest BCUT2D eigenvalue weighted by atomic mass is 9.80. The van der Waals surface area contributed by atoms with Gasteiger partial charge in [0.2, 0.25) is 12.1 Å². The molecule has 1 atom stereocenters. The first-order valence-electron chi connectivity index (χ1n) is 14.8. The fraction of sp³-hybridized carbons (Fsp3) is 0.312. The average molecular weight is 597 g/mol. The first-order valence-corrected chi connectivity index (χ1v) is 14.8. The molecule has 12 heteroatoms. The molecule has 3 aromatic carbocycles. The van der Waals surface area contributed by atoms with Gasteiger partial charge in [-0.3, -0.25) is 14.5 Å². The van der Waals surface area contributed by atoms with Crippen molar-refractivity contribution in [3.8, 4) is 0 Å². The van der Waals surface area contributed by atoms with Crippen molar-refractivity contribution in [1.82, 2.24) is 10.2 Å². The van der Waals surface area contributed by atoms with Gasteiger partial charge in [-0.1, -0.05) is 42.5 Å². The molecule has 0 aromatic heterocycles. The van der Waals surface area contributed by atoms with Gasteiger partial charge in [-0.2, -0.15) is 0 Å². The Morgan fingerprint density at radius 1 is 0.909 bits per heavy atom. The van der Waals surface area contributed by atoms with Gasteiger partial charge in [0.15, 0.2) is 0 Å². The molecule has 0 spiro atoms. The molecule has 1 saturated carbocycles. The normalized spacial score (nSPS) is 21.1. The molecule has 3 aromatic rings. The number of fused-ring (bicyclic) bond motifs is 5. The summed E-state index contributed by atoms with van der Waals surface area (Å²) in [5.41, 5.74) is 1.55. The molecule has 226 valence electrons. The number of carbonyl (C=O) groups excluding carboxylic acids is 3. The Balaban J connectivity index is 1.34. The van der Waals surface area contributed by atoms with Crippen molar-refractivity contribution in [3.05, 3.63) is 89.7 Å². The van der Waals surface area contributed by atoms with Crippen LogP contribution < -0.4 is 21.0 Å². The van der Waals surface area contributed by atoms with Crippen LogP contribution in [0.3, 0.4) is 0 Å². The average Bonchev–Trinajstić information content (AvgIpc) is 3.40. The highest BCUT2D eigenvalue weighted by atomic mass is 19.1. The Kier molecular flexibility index (Phi) is 8.45. The summed E-state index contributed by atoms with van der Waals surface area (Å²) in [5.74, 6) is -0.497. The molecule has 44 heavy (non-hydrogen) atoms. The van der Waals surface area contributed by atoms with Gasteiger partial charge in [-0.05, 0) is 73.3 Å². The zero-order valence-corrected chi connectivity index (χ0v) is 24.0. The Labute approximate surface area is 254 Å². The lowest BCUT2D eigenvalue weighted by Gasteiger charge is -2.29. The van der Waals surface area contributed by atoms with Crippen molar-refractivity contribution in [2.24, 2.45) is 16.8 Å². The van der Waals surface area contributed by atoms with Crippen LogP contribution >= 0.6 is 0 Å². The SMILES string of the molecule is O=C(Nc1cccc(B(O)O)c1)N[C@@H]1N=C(c2ccccc2F)c2ccccc2N(CC(=O)N2CC3CCC(CC3)C2)C1=O. The van der Waals surface area contributed by atoms with Crippen LogP contribution in [0.4, 0.5) is 20.6 Å². The molecule has 10 nitrogen and oxygen atoms in total. The molecular formula is C32H33BFN5O5. The van der Waals surface area contributed by atoms with Crippen LogP contribution in [-0.4, -0.2) is 71.4 Å². The zero-order chi connectivity index (χ0) is 30.8. The molecule has 3 heterocycles. The molecule has 3 fully saturated rings. The molecule has 4 amide bonds. The van der Waals surface area contributed by atoms with E-state index in [0.717, 1.165) is 25.7 Å². The van der Waals surface area contributed by atoms with E-state index in [1.54, 1.807) is 48.5 Å². The largest absolute Gasteiger partial charge is 0.488 e. The summed E-state index contributed by atoms with van der Waals surface area (Å²) >= 11 is 0. The molecular weight excluding hydrogens is 564 g/mol. The Bertz CT molecular complexity index is 1600. The second-order valence-corrected chi connectivity index (χ2v) is 11.6. The van der Waals surface area contributed by atoms with Crippen LogP contribution in [0.2, 0.25) is 0 Å². The van der Waals surface area contributed by atoms with E-state index in [4.69, 9.17) is 0 Å². The van der Waals surface area contributed by atoms with Crippen LogP contribution in [-0.2, 0) is 9.59 Å². The number of para-hydroxylation sites is 1. The number of benzodiazepines with no additional fused rings is 1. The van der Waals surface area contributed by atoms with E-state index in [1.807, 2.05) is 4.90 Å². The summed E-state index contributed by atoms with van der Waals surface area (Å²) in [6, 6.07) is 18.1. The van der Waals surface area contributed by atoms with E-state index >= 15 is 4.39 Å². The van der Waals surface area contributed by atoms with Crippen molar-refractivity contribution in [2.45, 2.75) is 31.8 Å². The summed E-state index contributed by atoms with van der Waals surface area (Å²) in [7, 11) is -1.74. The predicted molar refractivity (Wildman–Crippen MR) is 165 cm³/mol. The molecule has 4 aliphatic rings. The Morgan fingerprint density at radius 2 is 1.57 bits per heavy atom. The minimum Gasteiger partial charge on any atom is -0.423 e. The number of anilines is 2. The highest BCUT2D eigenvalue weighted by Gasteiger charge is 2.37. The number of benzene rings is 3. The van der Waals surface area contributed by atoms with E-state index in [0.29, 0.717) is 36.2 Å². The monoisotopic (exact) mass is 597 g/mol. The molecule has 0 unspecified atom stereocenters. The molecule has 1 aliphatic carbocycles. The van der Waals surface area contributed by atoms with Crippen molar-refractivity contribution in [2.75, 3.05) is 29.9 Å². The number of amides is 4. The molecule has 0 radical (unpaired) electrons. The topological polar surface area (TPSA) is 135 Å². The minimum atomic E-state index is -1.74. The van der Waals surface area contributed by atoms with E-state index in [-0.39, 0.29) is 34.9 Å². The maximum atomic E-state index is 15.2. The van der Waals surface area contributed by atoms with Gasteiger partial charge in [0.25, 0.3) is 5.91 Å². The summed E-state index contributed by atoms with van der Waals surface area (Å²) < 4.78 is 15.2. The standard InChI is InChI=1S/C32H33BFN5O5/c34-26-10-3-1-8-24(26)29-25-9-2-4-11-27(25)39(19-28(40)38-17-20-12-13-21(18-38)15-14-20)31(41)30(36-29)37-32(42)35-23-7-5-6-22(16-23)33(43)44/h1-11,16,20-21,30,43-44H,12-15,17-19H2,(H2,35,37,42)/t20?,21?,30-/m0/s1. The summed E-state index contributed by atoms with van der Waals surface area (Å²) in [5, 5.41) is 24.1. The molecule has 4 N–H and O–H groups in total. The smallest absolute Gasteiger partial charge is 0.423 e. The third-order valence-electron chi connectivity index (χ3n) is 8.62. The fourth-order valence-electron chi connectivity index (χ4n) is 6.36. The van der Waals surface area contributed by atoms with E-state index in [9.17, 15) is 24.4 Å². The van der Waals surface area contributed by atoms with Gasteiger partial charge in [0.05, 0.1) is 11.4 Å². The van der Waals surface area contributed by atoms with Crippen LogP contribution in [0, 0.1) is 17.7 Å². The van der Waals surface area contributed by atoms with Gasteiger partial charge < -0.3 is 25.6 Å².